The van der Waals surface area contributed by atoms with Gasteiger partial charge in [-0.05, 0) is 0 Å². The smallest absolute Gasteiger partial charge is 0.200 e. The Labute approximate surface area is 84.4 Å². The van der Waals surface area contributed by atoms with Gasteiger partial charge in [0.1, 0.15) is 0 Å². The minimum absolute atomic E-state index is 0.0903. The summed E-state index contributed by atoms with van der Waals surface area (Å²) in [4.78, 5) is 14.2. The molecular weight excluding hydrogens is 232 g/mol. The first-order valence-corrected chi connectivity index (χ1v) is 4.73. The van der Waals surface area contributed by atoms with Gasteiger partial charge in [0.2, 0.25) is 0 Å². The maximum absolute atomic E-state index is 12.4. The van der Waals surface area contributed by atoms with E-state index in [1.54, 1.807) is 6.07 Å². The minimum atomic E-state index is -2.87. The van der Waals surface area contributed by atoms with Crippen LogP contribution in [0.1, 0.15) is 5.56 Å². The van der Waals surface area contributed by atoms with Gasteiger partial charge >= 0.3 is 14.3 Å². The average molecular weight is 239 g/mol. The molecule has 0 radical (unpaired) electrons. The Bertz CT molecular complexity index is 345. The van der Waals surface area contributed by atoms with Crippen molar-refractivity contribution in [2.75, 3.05) is 0 Å². The van der Waals surface area contributed by atoms with E-state index in [0.29, 0.717) is 0 Å². The van der Waals surface area contributed by atoms with E-state index in [0.717, 1.165) is 0 Å². The Kier molecular flexibility index (Phi) is 6.53. The fourth-order valence-corrected chi connectivity index (χ4v) is 0.694. The van der Waals surface area contributed by atoms with Gasteiger partial charge in [0, 0.05) is 10.1 Å². The standard InChI is InChI=1S/C8H5F3.HO3P/c9-7(8(10)11)6-4-2-1-3-5-6;1-4(2)3/h1-5H;(H-,1,2,3)/p+1. The van der Waals surface area contributed by atoms with Crippen LogP contribution in [0.5, 0.6) is 0 Å². The van der Waals surface area contributed by atoms with Crippen LogP contribution in [-0.2, 0) is 4.57 Å². The summed E-state index contributed by atoms with van der Waals surface area (Å²) in [6.45, 7) is 0. The first-order valence-electron chi connectivity index (χ1n) is 3.56. The monoisotopic (exact) mass is 239 g/mol. The molecule has 0 bridgehead atoms. The number of halogens is 3. The average Bonchev–Trinajstić information content (AvgIpc) is 2.17. The molecule has 0 unspecified atom stereocenters. The molecular formula is C8H7F3O3P+. The van der Waals surface area contributed by atoms with Crippen molar-refractivity contribution in [1.29, 1.82) is 0 Å². The highest BCUT2D eigenvalue weighted by Crippen LogP contribution is 2.20. The fourth-order valence-electron chi connectivity index (χ4n) is 0.694. The summed E-state index contributed by atoms with van der Waals surface area (Å²) in [5.41, 5.74) is -0.0903. The van der Waals surface area contributed by atoms with E-state index in [1.807, 2.05) is 0 Å². The zero-order valence-corrected chi connectivity index (χ0v) is 8.16. The second-order valence-corrected chi connectivity index (χ2v) is 2.70. The lowest BCUT2D eigenvalue weighted by Crippen LogP contribution is -1.76. The summed E-state index contributed by atoms with van der Waals surface area (Å²) < 4.78 is 44.3. The Balaban J connectivity index is 0.000000423. The summed E-state index contributed by atoms with van der Waals surface area (Å²) in [5, 5.41) is 0. The van der Waals surface area contributed by atoms with E-state index >= 15 is 0 Å². The lowest BCUT2D eigenvalue weighted by atomic mass is 10.2. The maximum atomic E-state index is 12.4. The van der Waals surface area contributed by atoms with Crippen LogP contribution in [0.15, 0.2) is 36.4 Å². The highest BCUT2D eigenvalue weighted by Gasteiger charge is 2.05. The third kappa shape index (κ3) is 6.79. The molecule has 0 aliphatic rings. The second kappa shape index (κ2) is 7.11. The van der Waals surface area contributed by atoms with Crippen LogP contribution >= 0.6 is 8.25 Å². The lowest BCUT2D eigenvalue weighted by molar-refractivity contribution is 0.405. The number of hydrogen-bond donors (Lipinski definition) is 2. The van der Waals surface area contributed by atoms with Crippen LogP contribution in [0.2, 0.25) is 0 Å². The van der Waals surface area contributed by atoms with Gasteiger partial charge < -0.3 is 0 Å². The summed E-state index contributed by atoms with van der Waals surface area (Å²) in [6, 6.07) is 7.20. The highest BCUT2D eigenvalue weighted by molar-refractivity contribution is 7.30. The predicted octanol–water partition coefficient (Wildman–Crippen LogP) is 2.85. The third-order valence-corrected chi connectivity index (χ3v) is 1.19. The lowest BCUT2D eigenvalue weighted by Gasteiger charge is -1.93. The molecule has 82 valence electrons. The highest BCUT2D eigenvalue weighted by atomic mass is 31.1. The van der Waals surface area contributed by atoms with Gasteiger partial charge in [-0.15, -0.1) is 9.79 Å². The minimum Gasteiger partial charge on any atom is -0.200 e. The van der Waals surface area contributed by atoms with Gasteiger partial charge in [-0.25, -0.2) is 4.39 Å². The quantitative estimate of drug-likeness (QED) is 0.741. The molecule has 3 nitrogen and oxygen atoms in total. The molecule has 0 aliphatic carbocycles. The summed E-state index contributed by atoms with van der Waals surface area (Å²) in [5.74, 6) is -1.45. The van der Waals surface area contributed by atoms with Crippen molar-refractivity contribution in [3.8, 4) is 0 Å². The van der Waals surface area contributed by atoms with Crippen molar-refractivity contribution < 1.29 is 27.5 Å². The largest absolute Gasteiger partial charge is 0.692 e. The van der Waals surface area contributed by atoms with Crippen LogP contribution < -0.4 is 0 Å². The van der Waals surface area contributed by atoms with Crippen LogP contribution in [-0.4, -0.2) is 9.79 Å². The van der Waals surface area contributed by atoms with Gasteiger partial charge in [-0.3, -0.25) is 0 Å². The Morgan fingerprint density at radius 2 is 1.47 bits per heavy atom. The molecule has 0 aliphatic heterocycles. The number of benzene rings is 1. The third-order valence-electron chi connectivity index (χ3n) is 1.19. The molecule has 0 spiro atoms. The molecule has 0 fully saturated rings. The van der Waals surface area contributed by atoms with Gasteiger partial charge in [0.15, 0.2) is 5.83 Å². The molecule has 1 rings (SSSR count). The SMILES string of the molecule is FC(F)=C(F)c1ccccc1.O=[P+](O)O. The van der Waals surface area contributed by atoms with E-state index in [-0.39, 0.29) is 5.56 Å². The van der Waals surface area contributed by atoms with Gasteiger partial charge in [0.25, 0.3) is 0 Å². The number of rotatable bonds is 1. The maximum Gasteiger partial charge on any atom is 0.692 e. The van der Waals surface area contributed by atoms with Gasteiger partial charge in [0.05, 0.1) is 0 Å². The molecule has 0 amide bonds. The predicted molar refractivity (Wildman–Crippen MR) is 48.7 cm³/mol. The van der Waals surface area contributed by atoms with E-state index in [4.69, 9.17) is 14.4 Å². The second-order valence-electron chi connectivity index (χ2n) is 2.19. The normalized spacial score (nSPS) is 8.60. The van der Waals surface area contributed by atoms with E-state index in [9.17, 15) is 13.2 Å². The van der Waals surface area contributed by atoms with Gasteiger partial charge in [-0.2, -0.15) is 8.78 Å². The summed E-state index contributed by atoms with van der Waals surface area (Å²) in [7, 11) is -2.87. The molecule has 1 aromatic carbocycles. The molecule has 0 atom stereocenters. The molecule has 7 heteroatoms. The Morgan fingerprint density at radius 1 is 1.07 bits per heavy atom. The van der Waals surface area contributed by atoms with E-state index in [1.165, 1.54) is 24.3 Å². The molecule has 15 heavy (non-hydrogen) atoms. The molecule has 0 saturated carbocycles. The Morgan fingerprint density at radius 3 is 1.80 bits per heavy atom. The topological polar surface area (TPSA) is 57.5 Å². The van der Waals surface area contributed by atoms with E-state index < -0.39 is 20.2 Å². The molecule has 2 N–H and O–H groups in total. The van der Waals surface area contributed by atoms with Crippen molar-refractivity contribution in [2.45, 2.75) is 0 Å². The van der Waals surface area contributed by atoms with E-state index in [2.05, 4.69) is 0 Å². The molecule has 0 aromatic heterocycles. The summed E-state index contributed by atoms with van der Waals surface area (Å²) >= 11 is 0. The van der Waals surface area contributed by atoms with Crippen molar-refractivity contribution >= 4 is 14.1 Å². The first-order chi connectivity index (χ1) is 6.95. The van der Waals surface area contributed by atoms with Crippen molar-refractivity contribution in [1.82, 2.24) is 0 Å². The first kappa shape index (κ1) is 13.8. The fraction of sp³-hybridized carbons (Fsp3) is 0. The Hall–Kier alpha value is -1.23. The zero-order valence-electron chi connectivity index (χ0n) is 7.27. The number of hydrogen-bond acceptors (Lipinski definition) is 1. The molecule has 0 saturated heterocycles. The molecule has 0 heterocycles. The van der Waals surface area contributed by atoms with Crippen LogP contribution in [0, 0.1) is 0 Å². The van der Waals surface area contributed by atoms with Crippen molar-refractivity contribution in [3.05, 3.63) is 42.0 Å². The van der Waals surface area contributed by atoms with Crippen LogP contribution in [0.25, 0.3) is 5.83 Å². The van der Waals surface area contributed by atoms with Crippen LogP contribution in [0.4, 0.5) is 13.2 Å². The zero-order chi connectivity index (χ0) is 11.8. The van der Waals surface area contributed by atoms with Gasteiger partial charge in [-0.1, -0.05) is 30.3 Å². The molecule has 1 aromatic rings. The van der Waals surface area contributed by atoms with Crippen LogP contribution in [0.3, 0.4) is 0 Å². The summed E-state index contributed by atoms with van der Waals surface area (Å²) in [6.07, 6.45) is -2.28. The van der Waals surface area contributed by atoms with Crippen molar-refractivity contribution in [2.24, 2.45) is 0 Å². The van der Waals surface area contributed by atoms with Crippen molar-refractivity contribution in [3.63, 3.8) is 0 Å².